The molecule has 3 heterocycles. The standard InChI is InChI=1S/C25H23N5O2/c1-14-12-18(16(3)27-20-10-7-11-26-21(20)25-28-30-29-25)24-19(13-14)22(31)15(2)23(32-24)17-8-5-4-6-9-17/h4-13,16,27,30H,1-3H3,(H,28,29)/t16-/m1/s1. The number of benzene rings is 2. The van der Waals surface area contributed by atoms with Crippen molar-refractivity contribution in [3.05, 3.63) is 87.7 Å². The lowest BCUT2D eigenvalue weighted by molar-refractivity contribution is 0.605. The summed E-state index contributed by atoms with van der Waals surface area (Å²) in [5.74, 6) is 1.27. The van der Waals surface area contributed by atoms with Gasteiger partial charge < -0.3 is 9.73 Å². The number of pyridine rings is 1. The van der Waals surface area contributed by atoms with Crippen LogP contribution in [0, 0.1) is 13.8 Å². The van der Waals surface area contributed by atoms with Gasteiger partial charge in [-0.25, -0.2) is 5.21 Å². The van der Waals surface area contributed by atoms with Crippen molar-refractivity contribution in [3.8, 4) is 22.8 Å². The first kappa shape index (κ1) is 19.8. The molecule has 0 aliphatic carbocycles. The second kappa shape index (κ2) is 7.85. The SMILES string of the molecule is Cc1cc([C@@H](C)Nc2cccnc2-c2n[nH][nH]2)c2oc(-c3ccccc3)c(C)c(=O)c2c1. The number of hydrogen-bond acceptors (Lipinski definition) is 5. The van der Waals surface area contributed by atoms with Gasteiger partial charge in [0.1, 0.15) is 17.0 Å². The molecule has 1 atom stereocenters. The summed E-state index contributed by atoms with van der Waals surface area (Å²) in [6.45, 7) is 5.85. The van der Waals surface area contributed by atoms with Gasteiger partial charge in [0.05, 0.1) is 17.1 Å². The van der Waals surface area contributed by atoms with Crippen molar-refractivity contribution in [1.29, 1.82) is 0 Å². The van der Waals surface area contributed by atoms with E-state index in [1.165, 1.54) is 0 Å². The summed E-state index contributed by atoms with van der Waals surface area (Å²) in [7, 11) is 0. The van der Waals surface area contributed by atoms with E-state index in [2.05, 4.69) is 31.8 Å². The Morgan fingerprint density at radius 2 is 1.84 bits per heavy atom. The van der Waals surface area contributed by atoms with Gasteiger partial charge in [-0.3, -0.25) is 14.9 Å². The maximum absolute atomic E-state index is 13.3. The Hall–Kier alpha value is -4.13. The van der Waals surface area contributed by atoms with Crippen LogP contribution in [0.2, 0.25) is 0 Å². The van der Waals surface area contributed by atoms with Crippen LogP contribution in [0.1, 0.15) is 29.7 Å². The monoisotopic (exact) mass is 425 g/mol. The number of rotatable bonds is 5. The first-order valence-corrected chi connectivity index (χ1v) is 10.5. The molecule has 2 aromatic carbocycles. The fourth-order valence-electron chi connectivity index (χ4n) is 4.00. The summed E-state index contributed by atoms with van der Waals surface area (Å²) in [6, 6.07) is 17.4. The number of fused-ring (bicyclic) bond motifs is 1. The fourth-order valence-corrected chi connectivity index (χ4v) is 4.00. The molecule has 32 heavy (non-hydrogen) atoms. The van der Waals surface area contributed by atoms with Crippen LogP contribution in [0.25, 0.3) is 33.8 Å². The average molecular weight is 425 g/mol. The Kier molecular flexibility index (Phi) is 4.86. The van der Waals surface area contributed by atoms with Crippen LogP contribution in [0.4, 0.5) is 5.69 Å². The van der Waals surface area contributed by atoms with Crippen LogP contribution in [-0.4, -0.2) is 20.4 Å². The van der Waals surface area contributed by atoms with Gasteiger partial charge in [0.15, 0.2) is 11.3 Å². The highest BCUT2D eigenvalue weighted by Gasteiger charge is 2.20. The predicted molar refractivity (Wildman–Crippen MR) is 126 cm³/mol. The van der Waals surface area contributed by atoms with Gasteiger partial charge in [0.25, 0.3) is 0 Å². The normalized spacial score (nSPS) is 12.2. The minimum Gasteiger partial charge on any atom is -0.455 e. The molecule has 0 spiro atoms. The molecule has 7 heteroatoms. The van der Waals surface area contributed by atoms with E-state index in [-0.39, 0.29) is 11.5 Å². The summed E-state index contributed by atoms with van der Waals surface area (Å²) < 4.78 is 6.41. The Bertz CT molecular complexity index is 1450. The Balaban J connectivity index is 1.65. The van der Waals surface area contributed by atoms with Crippen molar-refractivity contribution in [2.24, 2.45) is 0 Å². The third-order valence-corrected chi connectivity index (χ3v) is 5.64. The number of nitrogens with one attached hydrogen (secondary N) is 3. The van der Waals surface area contributed by atoms with E-state index in [1.807, 2.05) is 69.3 Å². The van der Waals surface area contributed by atoms with E-state index < -0.39 is 0 Å². The lowest BCUT2D eigenvalue weighted by Gasteiger charge is -2.20. The lowest BCUT2D eigenvalue weighted by atomic mass is 9.98. The lowest BCUT2D eigenvalue weighted by Crippen LogP contribution is -2.13. The Morgan fingerprint density at radius 3 is 2.56 bits per heavy atom. The van der Waals surface area contributed by atoms with Gasteiger partial charge >= 0.3 is 0 Å². The van der Waals surface area contributed by atoms with Gasteiger partial charge in [-0.1, -0.05) is 36.4 Å². The molecule has 0 unspecified atom stereocenters. The quantitative estimate of drug-likeness (QED) is 0.352. The van der Waals surface area contributed by atoms with Crippen molar-refractivity contribution in [1.82, 2.24) is 20.4 Å². The second-order valence-electron chi connectivity index (χ2n) is 7.94. The summed E-state index contributed by atoms with van der Waals surface area (Å²) in [6.07, 6.45) is 1.73. The maximum atomic E-state index is 13.3. The molecule has 0 aliphatic rings. The predicted octanol–water partition coefficient (Wildman–Crippen LogP) is 5.36. The zero-order chi connectivity index (χ0) is 22.2. The molecule has 0 saturated carbocycles. The highest BCUT2D eigenvalue weighted by Crippen LogP contribution is 2.33. The molecular weight excluding hydrogens is 402 g/mol. The largest absolute Gasteiger partial charge is 0.455 e. The van der Waals surface area contributed by atoms with Crippen LogP contribution in [0.3, 0.4) is 0 Å². The minimum atomic E-state index is -0.150. The zero-order valence-corrected chi connectivity index (χ0v) is 18.1. The van der Waals surface area contributed by atoms with E-state index in [0.717, 1.165) is 28.1 Å². The van der Waals surface area contributed by atoms with Crippen molar-refractivity contribution in [3.63, 3.8) is 0 Å². The van der Waals surface area contributed by atoms with Gasteiger partial charge in [0, 0.05) is 22.9 Å². The van der Waals surface area contributed by atoms with E-state index in [0.29, 0.717) is 28.1 Å². The van der Waals surface area contributed by atoms with Gasteiger partial charge in [-0.2, -0.15) is 0 Å². The summed E-state index contributed by atoms with van der Waals surface area (Å²) in [5.41, 5.74) is 5.54. The van der Waals surface area contributed by atoms with Crippen LogP contribution < -0.4 is 10.7 Å². The topological polar surface area (TPSA) is 99.6 Å². The first-order chi connectivity index (χ1) is 15.5. The number of aromatic nitrogens is 4. The minimum absolute atomic E-state index is 0.0107. The zero-order valence-electron chi connectivity index (χ0n) is 18.1. The maximum Gasteiger partial charge on any atom is 0.196 e. The Morgan fingerprint density at radius 1 is 1.06 bits per heavy atom. The molecule has 5 rings (SSSR count). The highest BCUT2D eigenvalue weighted by molar-refractivity contribution is 5.85. The number of H-pyrrole nitrogens is 2. The summed E-state index contributed by atoms with van der Waals surface area (Å²) >= 11 is 0. The van der Waals surface area contributed by atoms with Crippen LogP contribution >= 0.6 is 0 Å². The van der Waals surface area contributed by atoms with Crippen molar-refractivity contribution in [2.75, 3.05) is 5.32 Å². The van der Waals surface area contributed by atoms with Crippen molar-refractivity contribution < 1.29 is 4.42 Å². The van der Waals surface area contributed by atoms with Gasteiger partial charge in [0.2, 0.25) is 0 Å². The molecule has 0 saturated heterocycles. The summed E-state index contributed by atoms with van der Waals surface area (Å²) in [5, 5.41) is 13.8. The first-order valence-electron chi connectivity index (χ1n) is 10.5. The molecular formula is C25H23N5O2. The second-order valence-corrected chi connectivity index (χ2v) is 7.94. The number of nitrogens with zero attached hydrogens (tertiary/aromatic N) is 2. The molecule has 3 aromatic heterocycles. The number of aromatic amines is 2. The third kappa shape index (κ3) is 3.37. The summed E-state index contributed by atoms with van der Waals surface area (Å²) in [4.78, 5) is 17.7. The van der Waals surface area contributed by atoms with Crippen LogP contribution in [0.15, 0.2) is 70.0 Å². The number of hydrogen-bond donors (Lipinski definition) is 3. The third-order valence-electron chi connectivity index (χ3n) is 5.64. The molecule has 0 amide bonds. The number of aryl methyl sites for hydroxylation is 1. The van der Waals surface area contributed by atoms with Gasteiger partial charge in [-0.05, 0) is 44.5 Å². The van der Waals surface area contributed by atoms with Gasteiger partial charge in [-0.15, -0.1) is 5.10 Å². The van der Waals surface area contributed by atoms with Crippen LogP contribution in [-0.2, 0) is 0 Å². The van der Waals surface area contributed by atoms with E-state index in [1.54, 1.807) is 6.20 Å². The molecule has 0 aliphatic heterocycles. The van der Waals surface area contributed by atoms with Crippen molar-refractivity contribution in [2.45, 2.75) is 26.8 Å². The highest BCUT2D eigenvalue weighted by atomic mass is 16.3. The van der Waals surface area contributed by atoms with E-state index >= 15 is 0 Å². The van der Waals surface area contributed by atoms with E-state index in [9.17, 15) is 4.79 Å². The number of anilines is 1. The van der Waals surface area contributed by atoms with E-state index in [4.69, 9.17) is 4.42 Å². The molecule has 0 radical (unpaired) electrons. The fraction of sp³-hybridized carbons (Fsp3) is 0.160. The smallest absolute Gasteiger partial charge is 0.196 e. The molecule has 7 nitrogen and oxygen atoms in total. The molecule has 3 N–H and O–H groups in total. The Labute approximate surface area is 184 Å². The molecule has 0 fully saturated rings. The van der Waals surface area contributed by atoms with Crippen LogP contribution in [0.5, 0.6) is 0 Å². The van der Waals surface area contributed by atoms with Crippen molar-refractivity contribution >= 4 is 16.7 Å². The molecule has 0 bridgehead atoms. The molecule has 160 valence electrons. The molecule has 5 aromatic rings. The average Bonchev–Trinajstić information content (AvgIpc) is 2.77.